The SMILES string of the molecule is COc1cc(/C=C/C(=O)OCC(=O)c2cc(C)n(Cc3ccco3)c2C)ccc1O. The van der Waals surface area contributed by atoms with Gasteiger partial charge < -0.3 is 23.6 Å². The maximum Gasteiger partial charge on any atom is 0.331 e. The highest BCUT2D eigenvalue weighted by Crippen LogP contribution is 2.26. The molecule has 3 aromatic rings. The summed E-state index contributed by atoms with van der Waals surface area (Å²) >= 11 is 0. The zero-order valence-electron chi connectivity index (χ0n) is 17.0. The third kappa shape index (κ3) is 4.81. The molecule has 0 aliphatic heterocycles. The van der Waals surface area contributed by atoms with Gasteiger partial charge in [-0.1, -0.05) is 6.07 Å². The number of phenols is 1. The van der Waals surface area contributed by atoms with Gasteiger partial charge in [0, 0.05) is 23.0 Å². The molecule has 0 fully saturated rings. The smallest absolute Gasteiger partial charge is 0.331 e. The summed E-state index contributed by atoms with van der Waals surface area (Å²) < 4.78 is 17.5. The fraction of sp³-hybridized carbons (Fsp3) is 0.217. The molecule has 0 radical (unpaired) electrons. The van der Waals surface area contributed by atoms with Gasteiger partial charge in [-0.3, -0.25) is 4.79 Å². The minimum absolute atomic E-state index is 0.00692. The number of carbonyl (C=O) groups excluding carboxylic acids is 2. The summed E-state index contributed by atoms with van der Waals surface area (Å²) in [6, 6.07) is 10.1. The number of Topliss-reactive ketones (excluding diaryl/α,β-unsaturated/α-hetero) is 1. The molecular weight excluding hydrogens is 386 g/mol. The van der Waals surface area contributed by atoms with Gasteiger partial charge in [0.2, 0.25) is 5.78 Å². The summed E-state index contributed by atoms with van der Waals surface area (Å²) in [6.45, 7) is 3.93. The lowest BCUT2D eigenvalue weighted by molar-refractivity contribution is -0.136. The third-order valence-electron chi connectivity index (χ3n) is 4.73. The number of carbonyl (C=O) groups is 2. The Morgan fingerprint density at radius 2 is 2.00 bits per heavy atom. The molecule has 2 heterocycles. The molecule has 0 aliphatic carbocycles. The number of methoxy groups -OCH3 is 1. The van der Waals surface area contributed by atoms with Crippen molar-refractivity contribution in [2.24, 2.45) is 0 Å². The van der Waals surface area contributed by atoms with E-state index >= 15 is 0 Å². The van der Waals surface area contributed by atoms with Gasteiger partial charge in [-0.2, -0.15) is 0 Å². The fourth-order valence-electron chi connectivity index (χ4n) is 3.11. The Morgan fingerprint density at radius 1 is 1.20 bits per heavy atom. The van der Waals surface area contributed by atoms with E-state index in [0.717, 1.165) is 17.1 Å². The first-order valence-electron chi connectivity index (χ1n) is 9.33. The van der Waals surface area contributed by atoms with E-state index in [2.05, 4.69) is 0 Å². The van der Waals surface area contributed by atoms with Gasteiger partial charge in [0.1, 0.15) is 5.76 Å². The number of ether oxygens (including phenoxy) is 2. The number of hydrogen-bond donors (Lipinski definition) is 1. The van der Waals surface area contributed by atoms with E-state index in [1.165, 1.54) is 25.3 Å². The van der Waals surface area contributed by atoms with E-state index in [0.29, 0.717) is 23.4 Å². The van der Waals surface area contributed by atoms with Crippen molar-refractivity contribution in [1.29, 1.82) is 0 Å². The first-order chi connectivity index (χ1) is 14.4. The van der Waals surface area contributed by atoms with Gasteiger partial charge in [0.05, 0.1) is 19.9 Å². The number of phenolic OH excluding ortho intramolecular Hbond substituents is 1. The van der Waals surface area contributed by atoms with Crippen LogP contribution in [-0.4, -0.2) is 35.1 Å². The molecule has 0 unspecified atom stereocenters. The molecule has 0 atom stereocenters. The number of aromatic hydroxyl groups is 1. The average molecular weight is 409 g/mol. The van der Waals surface area contributed by atoms with Crippen LogP contribution < -0.4 is 4.74 Å². The van der Waals surface area contributed by atoms with Crippen molar-refractivity contribution in [2.45, 2.75) is 20.4 Å². The van der Waals surface area contributed by atoms with Gasteiger partial charge in [0.25, 0.3) is 0 Å². The van der Waals surface area contributed by atoms with Crippen LogP contribution in [0.3, 0.4) is 0 Å². The molecule has 1 N–H and O–H groups in total. The van der Waals surface area contributed by atoms with E-state index in [-0.39, 0.29) is 18.1 Å². The molecule has 0 amide bonds. The van der Waals surface area contributed by atoms with Crippen LogP contribution in [0.15, 0.2) is 53.2 Å². The highest BCUT2D eigenvalue weighted by atomic mass is 16.5. The molecule has 2 aromatic heterocycles. The fourth-order valence-corrected chi connectivity index (χ4v) is 3.11. The van der Waals surface area contributed by atoms with Crippen molar-refractivity contribution in [3.05, 3.63) is 77.0 Å². The zero-order chi connectivity index (χ0) is 21.7. The van der Waals surface area contributed by atoms with Gasteiger partial charge in [-0.05, 0) is 55.8 Å². The molecule has 3 rings (SSSR count). The minimum atomic E-state index is -0.639. The van der Waals surface area contributed by atoms with Crippen molar-refractivity contribution < 1.29 is 28.6 Å². The van der Waals surface area contributed by atoms with Crippen LogP contribution in [-0.2, 0) is 16.1 Å². The van der Waals surface area contributed by atoms with E-state index < -0.39 is 5.97 Å². The number of nitrogens with zero attached hydrogens (tertiary/aromatic N) is 1. The molecule has 0 bridgehead atoms. The zero-order valence-corrected chi connectivity index (χ0v) is 17.0. The molecule has 30 heavy (non-hydrogen) atoms. The first kappa shape index (κ1) is 21.0. The second-order valence-corrected chi connectivity index (χ2v) is 6.75. The van der Waals surface area contributed by atoms with Crippen molar-refractivity contribution in [3.63, 3.8) is 0 Å². The van der Waals surface area contributed by atoms with E-state index in [1.807, 2.05) is 30.5 Å². The second-order valence-electron chi connectivity index (χ2n) is 6.75. The Kier molecular flexibility index (Phi) is 6.41. The Labute approximate surface area is 174 Å². The lowest BCUT2D eigenvalue weighted by atomic mass is 10.1. The maximum absolute atomic E-state index is 12.6. The molecule has 0 saturated carbocycles. The lowest BCUT2D eigenvalue weighted by Gasteiger charge is -2.08. The summed E-state index contributed by atoms with van der Waals surface area (Å²) in [6.07, 6.45) is 4.35. The van der Waals surface area contributed by atoms with Gasteiger partial charge in [-0.25, -0.2) is 4.79 Å². The highest BCUT2D eigenvalue weighted by molar-refractivity contribution is 6.00. The van der Waals surface area contributed by atoms with Crippen LogP contribution in [0.4, 0.5) is 0 Å². The number of aryl methyl sites for hydroxylation is 1. The average Bonchev–Trinajstić information content (AvgIpc) is 3.35. The summed E-state index contributed by atoms with van der Waals surface area (Å²) in [5, 5.41) is 9.60. The van der Waals surface area contributed by atoms with Crippen LogP contribution in [0.25, 0.3) is 6.08 Å². The summed E-state index contributed by atoms with van der Waals surface area (Å²) in [4.78, 5) is 24.5. The first-order valence-corrected chi connectivity index (χ1v) is 9.33. The Hall–Kier alpha value is -3.74. The largest absolute Gasteiger partial charge is 0.504 e. The predicted molar refractivity (Wildman–Crippen MR) is 111 cm³/mol. The monoisotopic (exact) mass is 409 g/mol. The van der Waals surface area contributed by atoms with Crippen LogP contribution in [0, 0.1) is 13.8 Å². The third-order valence-corrected chi connectivity index (χ3v) is 4.73. The van der Waals surface area contributed by atoms with E-state index in [4.69, 9.17) is 13.9 Å². The van der Waals surface area contributed by atoms with Gasteiger partial charge in [-0.15, -0.1) is 0 Å². The van der Waals surface area contributed by atoms with Crippen molar-refractivity contribution in [1.82, 2.24) is 4.57 Å². The standard InChI is InChI=1S/C23H23NO6/c1-15-11-19(16(2)24(15)13-18-5-4-10-29-18)21(26)14-30-23(27)9-7-17-6-8-20(25)22(12-17)28-3/h4-12,25H,13-14H2,1-3H3/b9-7+. The molecule has 7 nitrogen and oxygen atoms in total. The van der Waals surface area contributed by atoms with Crippen LogP contribution in [0.2, 0.25) is 0 Å². The lowest BCUT2D eigenvalue weighted by Crippen LogP contribution is -2.13. The van der Waals surface area contributed by atoms with E-state index in [1.54, 1.807) is 24.5 Å². The van der Waals surface area contributed by atoms with Crippen LogP contribution >= 0.6 is 0 Å². The number of furan rings is 1. The van der Waals surface area contributed by atoms with Crippen molar-refractivity contribution >= 4 is 17.8 Å². The number of rotatable bonds is 8. The van der Waals surface area contributed by atoms with E-state index in [9.17, 15) is 14.7 Å². The number of esters is 1. The Morgan fingerprint density at radius 3 is 2.70 bits per heavy atom. The van der Waals surface area contributed by atoms with Crippen molar-refractivity contribution in [2.75, 3.05) is 13.7 Å². The van der Waals surface area contributed by atoms with Crippen molar-refractivity contribution in [3.8, 4) is 11.5 Å². The van der Waals surface area contributed by atoms with Gasteiger partial charge >= 0.3 is 5.97 Å². The Balaban J connectivity index is 1.61. The number of hydrogen-bond acceptors (Lipinski definition) is 6. The maximum atomic E-state index is 12.6. The summed E-state index contributed by atoms with van der Waals surface area (Å²) in [7, 11) is 1.44. The van der Waals surface area contributed by atoms with Gasteiger partial charge in [0.15, 0.2) is 18.1 Å². The van der Waals surface area contributed by atoms with Crippen LogP contribution in [0.1, 0.15) is 33.1 Å². The summed E-state index contributed by atoms with van der Waals surface area (Å²) in [5.41, 5.74) is 2.87. The molecule has 0 spiro atoms. The second kappa shape index (κ2) is 9.17. The normalized spacial score (nSPS) is 11.0. The van der Waals surface area contributed by atoms with Crippen LogP contribution in [0.5, 0.6) is 11.5 Å². The molecule has 156 valence electrons. The number of benzene rings is 1. The quantitative estimate of drug-likeness (QED) is 0.345. The number of aromatic nitrogens is 1. The summed E-state index contributed by atoms with van der Waals surface area (Å²) in [5.74, 6) is 0.179. The molecule has 1 aromatic carbocycles. The predicted octanol–water partition coefficient (Wildman–Crippen LogP) is 3.90. The number of ketones is 1. The molecule has 7 heteroatoms. The molecule has 0 saturated heterocycles. The molecular formula is C23H23NO6. The minimum Gasteiger partial charge on any atom is -0.504 e. The Bertz CT molecular complexity index is 1080. The topological polar surface area (TPSA) is 90.9 Å². The molecule has 0 aliphatic rings. The highest BCUT2D eigenvalue weighted by Gasteiger charge is 2.17.